The molecule has 0 saturated carbocycles. The number of fused-ring (bicyclic) bond motifs is 1. The minimum atomic E-state index is 0.686. The van der Waals surface area contributed by atoms with Crippen molar-refractivity contribution in [1.29, 1.82) is 0 Å². The van der Waals surface area contributed by atoms with Gasteiger partial charge >= 0.3 is 0 Å². The zero-order valence-corrected chi connectivity index (χ0v) is 9.75. The lowest BCUT2D eigenvalue weighted by molar-refractivity contribution is 0.780. The molecular formula is C11H17N5. The van der Waals surface area contributed by atoms with E-state index in [2.05, 4.69) is 32.4 Å². The maximum Gasteiger partial charge on any atom is 0.224 e. The van der Waals surface area contributed by atoms with Crippen molar-refractivity contribution in [1.82, 2.24) is 20.2 Å². The third-order valence-electron chi connectivity index (χ3n) is 2.49. The summed E-state index contributed by atoms with van der Waals surface area (Å²) < 4.78 is 0. The maximum absolute atomic E-state index is 4.52. The summed E-state index contributed by atoms with van der Waals surface area (Å²) >= 11 is 0. The number of hydrogen-bond acceptors (Lipinski definition) is 4. The van der Waals surface area contributed by atoms with Crippen molar-refractivity contribution in [2.45, 2.75) is 33.1 Å². The highest BCUT2D eigenvalue weighted by atomic mass is 15.2. The fourth-order valence-electron chi connectivity index (χ4n) is 1.67. The molecule has 0 aliphatic rings. The van der Waals surface area contributed by atoms with Crippen LogP contribution in [0.15, 0.2) is 6.20 Å². The van der Waals surface area contributed by atoms with Gasteiger partial charge in [0.2, 0.25) is 5.95 Å². The topological polar surface area (TPSA) is 66.5 Å². The van der Waals surface area contributed by atoms with Gasteiger partial charge in [0, 0.05) is 6.54 Å². The van der Waals surface area contributed by atoms with Crippen LogP contribution < -0.4 is 5.32 Å². The number of unbranched alkanes of at least 4 members (excludes halogenated alkanes) is 1. The van der Waals surface area contributed by atoms with E-state index in [1.807, 2.05) is 6.92 Å². The van der Waals surface area contributed by atoms with Gasteiger partial charge < -0.3 is 5.32 Å². The van der Waals surface area contributed by atoms with Gasteiger partial charge in [-0.1, -0.05) is 13.3 Å². The summed E-state index contributed by atoms with van der Waals surface area (Å²) in [6.45, 7) is 5.04. The van der Waals surface area contributed by atoms with Crippen LogP contribution in [0.2, 0.25) is 0 Å². The average molecular weight is 219 g/mol. The third kappa shape index (κ3) is 2.13. The van der Waals surface area contributed by atoms with Gasteiger partial charge in [-0.3, -0.25) is 5.10 Å². The largest absolute Gasteiger partial charge is 0.354 e. The maximum atomic E-state index is 4.52. The van der Waals surface area contributed by atoms with Crippen molar-refractivity contribution in [2.75, 3.05) is 11.9 Å². The van der Waals surface area contributed by atoms with E-state index in [0.717, 1.165) is 36.1 Å². The van der Waals surface area contributed by atoms with Crippen molar-refractivity contribution in [3.05, 3.63) is 11.9 Å². The number of anilines is 1. The summed E-state index contributed by atoms with van der Waals surface area (Å²) in [7, 11) is 0. The number of rotatable bonds is 5. The molecule has 0 aliphatic carbocycles. The second kappa shape index (κ2) is 4.92. The van der Waals surface area contributed by atoms with E-state index in [9.17, 15) is 0 Å². The van der Waals surface area contributed by atoms with Crippen LogP contribution in [0, 0.1) is 0 Å². The molecule has 0 amide bonds. The molecule has 0 spiro atoms. The molecule has 2 heterocycles. The quantitative estimate of drug-likeness (QED) is 0.808. The van der Waals surface area contributed by atoms with E-state index in [-0.39, 0.29) is 0 Å². The molecule has 0 atom stereocenters. The van der Waals surface area contributed by atoms with Crippen molar-refractivity contribution in [3.63, 3.8) is 0 Å². The number of nitrogens with zero attached hydrogens (tertiary/aromatic N) is 3. The predicted octanol–water partition coefficient (Wildman–Crippen LogP) is 2.13. The third-order valence-corrected chi connectivity index (χ3v) is 2.49. The molecule has 0 bridgehead atoms. The molecule has 2 aromatic rings. The van der Waals surface area contributed by atoms with E-state index in [1.165, 1.54) is 6.42 Å². The Bertz CT molecular complexity index is 462. The Kier molecular flexibility index (Phi) is 3.34. The van der Waals surface area contributed by atoms with Gasteiger partial charge in [0.05, 0.1) is 17.3 Å². The molecule has 16 heavy (non-hydrogen) atoms. The SMILES string of the molecule is CCCCc1nc(NCC)nc2[nH]ncc12. The Morgan fingerprint density at radius 3 is 2.94 bits per heavy atom. The zero-order valence-electron chi connectivity index (χ0n) is 9.75. The highest BCUT2D eigenvalue weighted by Gasteiger charge is 2.08. The van der Waals surface area contributed by atoms with Gasteiger partial charge in [-0.2, -0.15) is 10.1 Å². The van der Waals surface area contributed by atoms with E-state index < -0.39 is 0 Å². The van der Waals surface area contributed by atoms with E-state index in [4.69, 9.17) is 0 Å². The van der Waals surface area contributed by atoms with E-state index in [1.54, 1.807) is 6.20 Å². The molecule has 5 heteroatoms. The van der Waals surface area contributed by atoms with Crippen molar-refractivity contribution in [2.24, 2.45) is 0 Å². The molecule has 0 fully saturated rings. The number of aromatic amines is 1. The summed E-state index contributed by atoms with van der Waals surface area (Å²) in [5.41, 5.74) is 1.90. The highest BCUT2D eigenvalue weighted by molar-refractivity contribution is 5.77. The van der Waals surface area contributed by atoms with Crippen molar-refractivity contribution < 1.29 is 0 Å². The summed E-state index contributed by atoms with van der Waals surface area (Å²) in [4.78, 5) is 8.87. The van der Waals surface area contributed by atoms with E-state index >= 15 is 0 Å². The lowest BCUT2D eigenvalue weighted by atomic mass is 10.1. The zero-order chi connectivity index (χ0) is 11.4. The van der Waals surface area contributed by atoms with Crippen LogP contribution >= 0.6 is 0 Å². The van der Waals surface area contributed by atoms with Gasteiger partial charge in [0.25, 0.3) is 0 Å². The molecule has 0 aliphatic heterocycles. The Balaban J connectivity index is 2.38. The number of aromatic nitrogens is 4. The average Bonchev–Trinajstić information content (AvgIpc) is 2.74. The fourth-order valence-corrected chi connectivity index (χ4v) is 1.67. The molecule has 0 unspecified atom stereocenters. The lowest BCUT2D eigenvalue weighted by Crippen LogP contribution is -2.04. The van der Waals surface area contributed by atoms with Crippen LogP contribution in [0.25, 0.3) is 11.0 Å². The molecule has 0 saturated heterocycles. The Hall–Kier alpha value is -1.65. The van der Waals surface area contributed by atoms with E-state index in [0.29, 0.717) is 5.95 Å². The van der Waals surface area contributed by atoms with Crippen LogP contribution in [0.4, 0.5) is 5.95 Å². The molecule has 5 nitrogen and oxygen atoms in total. The molecule has 0 radical (unpaired) electrons. The van der Waals surface area contributed by atoms with Gasteiger partial charge in [0.15, 0.2) is 5.65 Å². The summed E-state index contributed by atoms with van der Waals surface area (Å²) in [5.74, 6) is 0.686. The summed E-state index contributed by atoms with van der Waals surface area (Å²) in [5, 5.41) is 11.1. The standard InChI is InChI=1S/C11H17N5/c1-3-5-6-9-8-7-13-16-10(8)15-11(14-9)12-4-2/h7H,3-6H2,1-2H3,(H2,12,13,14,15,16). The molecule has 86 valence electrons. The normalized spacial score (nSPS) is 10.9. The van der Waals surface area contributed by atoms with Crippen LogP contribution in [-0.4, -0.2) is 26.7 Å². The highest BCUT2D eigenvalue weighted by Crippen LogP contribution is 2.17. The first-order valence-electron chi connectivity index (χ1n) is 5.79. The number of aryl methyl sites for hydroxylation is 1. The minimum Gasteiger partial charge on any atom is -0.354 e. The minimum absolute atomic E-state index is 0.686. The first kappa shape index (κ1) is 10.9. The second-order valence-electron chi connectivity index (χ2n) is 3.76. The van der Waals surface area contributed by atoms with Gasteiger partial charge in [-0.05, 0) is 19.8 Å². The fraction of sp³-hybridized carbons (Fsp3) is 0.545. The Morgan fingerprint density at radius 1 is 1.31 bits per heavy atom. The molecule has 2 N–H and O–H groups in total. The van der Waals surface area contributed by atoms with Crippen molar-refractivity contribution in [3.8, 4) is 0 Å². The Morgan fingerprint density at radius 2 is 2.19 bits per heavy atom. The van der Waals surface area contributed by atoms with Crippen LogP contribution in [-0.2, 0) is 6.42 Å². The Labute approximate surface area is 94.7 Å². The lowest BCUT2D eigenvalue weighted by Gasteiger charge is -2.05. The first-order valence-corrected chi connectivity index (χ1v) is 5.79. The molecular weight excluding hydrogens is 202 g/mol. The number of H-pyrrole nitrogens is 1. The summed E-state index contributed by atoms with van der Waals surface area (Å²) in [6.07, 6.45) is 5.09. The molecule has 2 aromatic heterocycles. The number of hydrogen-bond donors (Lipinski definition) is 2. The first-order chi connectivity index (χ1) is 7.85. The molecule has 0 aromatic carbocycles. The summed E-state index contributed by atoms with van der Waals surface area (Å²) in [6, 6.07) is 0. The smallest absolute Gasteiger partial charge is 0.224 e. The molecule has 2 rings (SSSR count). The van der Waals surface area contributed by atoms with Gasteiger partial charge in [0.1, 0.15) is 0 Å². The van der Waals surface area contributed by atoms with Crippen LogP contribution in [0.5, 0.6) is 0 Å². The predicted molar refractivity (Wildman–Crippen MR) is 64.5 cm³/mol. The van der Waals surface area contributed by atoms with Crippen LogP contribution in [0.1, 0.15) is 32.4 Å². The second-order valence-corrected chi connectivity index (χ2v) is 3.76. The van der Waals surface area contributed by atoms with Crippen LogP contribution in [0.3, 0.4) is 0 Å². The number of nitrogens with one attached hydrogen (secondary N) is 2. The van der Waals surface area contributed by atoms with Gasteiger partial charge in [-0.15, -0.1) is 0 Å². The van der Waals surface area contributed by atoms with Crippen molar-refractivity contribution >= 4 is 17.0 Å². The monoisotopic (exact) mass is 219 g/mol. The van der Waals surface area contributed by atoms with Gasteiger partial charge in [-0.25, -0.2) is 4.98 Å².